The van der Waals surface area contributed by atoms with Gasteiger partial charge in [-0.1, -0.05) is 54.5 Å². The number of hydrogen-bond acceptors (Lipinski definition) is 6. The van der Waals surface area contributed by atoms with E-state index < -0.39 is 0 Å². The lowest BCUT2D eigenvalue weighted by molar-refractivity contribution is -0.113. The van der Waals surface area contributed by atoms with Gasteiger partial charge in [0.25, 0.3) is 0 Å². The summed E-state index contributed by atoms with van der Waals surface area (Å²) >= 11 is 2.94. The number of carbonyl (C=O) groups is 1. The number of amides is 1. The molecule has 6 nitrogen and oxygen atoms in total. The Balaban J connectivity index is 1.39. The van der Waals surface area contributed by atoms with E-state index in [1.54, 1.807) is 0 Å². The summed E-state index contributed by atoms with van der Waals surface area (Å²) < 4.78 is 3.24. The van der Waals surface area contributed by atoms with Gasteiger partial charge in [0.05, 0.1) is 16.0 Å². The zero-order valence-corrected chi connectivity index (χ0v) is 17.0. The van der Waals surface area contributed by atoms with Crippen molar-refractivity contribution in [2.45, 2.75) is 56.6 Å². The van der Waals surface area contributed by atoms with Crippen molar-refractivity contribution in [2.24, 2.45) is 0 Å². The first kappa shape index (κ1) is 18.4. The van der Waals surface area contributed by atoms with Crippen molar-refractivity contribution in [3.8, 4) is 0 Å². The predicted octanol–water partition coefficient (Wildman–Crippen LogP) is 4.69. The van der Waals surface area contributed by atoms with Gasteiger partial charge in [-0.05, 0) is 31.9 Å². The molecule has 0 aliphatic heterocycles. The number of fused-ring (bicyclic) bond motifs is 1. The first-order valence-corrected chi connectivity index (χ1v) is 11.3. The molecule has 4 rings (SSSR count). The molecule has 2 heterocycles. The van der Waals surface area contributed by atoms with Crippen LogP contribution in [0.3, 0.4) is 0 Å². The number of carbonyl (C=O) groups excluding carboxylic acids is 1. The van der Waals surface area contributed by atoms with E-state index in [1.807, 2.05) is 24.3 Å². The minimum atomic E-state index is -0.0658. The van der Waals surface area contributed by atoms with Crippen LogP contribution in [0.15, 0.2) is 29.4 Å². The van der Waals surface area contributed by atoms with E-state index in [0.29, 0.717) is 16.8 Å². The molecule has 2 aromatic heterocycles. The third-order valence-corrected chi connectivity index (χ3v) is 6.82. The van der Waals surface area contributed by atoms with E-state index in [0.717, 1.165) is 27.7 Å². The fourth-order valence-corrected chi connectivity index (χ4v) is 5.27. The summed E-state index contributed by atoms with van der Waals surface area (Å²) in [7, 11) is 0. The minimum absolute atomic E-state index is 0.0658. The van der Waals surface area contributed by atoms with Gasteiger partial charge >= 0.3 is 0 Å². The van der Waals surface area contributed by atoms with Gasteiger partial charge < -0.3 is 9.88 Å². The summed E-state index contributed by atoms with van der Waals surface area (Å²) in [4.78, 5) is 16.8. The summed E-state index contributed by atoms with van der Waals surface area (Å²) in [5.74, 6) is 1.84. The highest BCUT2D eigenvalue weighted by molar-refractivity contribution is 7.99. The first-order chi connectivity index (χ1) is 13.2. The van der Waals surface area contributed by atoms with Crippen molar-refractivity contribution in [3.05, 3.63) is 30.1 Å². The molecule has 1 N–H and O–H groups in total. The molecule has 0 radical (unpaired) electrons. The second-order valence-corrected chi connectivity index (χ2v) is 8.72. The van der Waals surface area contributed by atoms with Gasteiger partial charge in [0.2, 0.25) is 5.91 Å². The van der Waals surface area contributed by atoms with E-state index >= 15 is 0 Å². The molecule has 1 aliphatic carbocycles. The number of nitrogens with zero attached hydrogens (tertiary/aromatic N) is 4. The average Bonchev–Trinajstić information content (AvgIpc) is 3.29. The molecule has 1 saturated carbocycles. The Morgan fingerprint density at radius 1 is 1.26 bits per heavy atom. The van der Waals surface area contributed by atoms with E-state index in [4.69, 9.17) is 0 Å². The lowest BCUT2D eigenvalue weighted by atomic mass is 9.89. The van der Waals surface area contributed by atoms with E-state index in [-0.39, 0.29) is 5.91 Å². The maximum absolute atomic E-state index is 12.3. The Bertz CT molecular complexity index is 896. The molecule has 1 aromatic carbocycles. The molecule has 3 aromatic rings. The number of hydrogen-bond donors (Lipinski definition) is 1. The lowest BCUT2D eigenvalue weighted by Crippen LogP contribution is -2.15. The number of thioether (sulfide) groups is 1. The summed E-state index contributed by atoms with van der Waals surface area (Å²) in [6.45, 7) is 2.95. The number of aromatic nitrogens is 4. The largest absolute Gasteiger partial charge is 0.306 e. The predicted molar refractivity (Wildman–Crippen MR) is 110 cm³/mol. The fourth-order valence-electron chi connectivity index (χ4n) is 3.58. The van der Waals surface area contributed by atoms with Gasteiger partial charge in [0, 0.05) is 12.5 Å². The highest BCUT2D eigenvalue weighted by Gasteiger charge is 2.23. The standard InChI is InChI=1S/C19H23N5OS2/c1-2-24-17(13-8-4-3-5-9-13)22-23-19(24)26-12-16(25)21-18-20-14-10-6-7-11-15(14)27-18/h6-7,10-11,13H,2-5,8-9,12H2,1H3,(H,20,21,25). The Morgan fingerprint density at radius 2 is 2.07 bits per heavy atom. The topological polar surface area (TPSA) is 72.7 Å². The number of rotatable bonds is 6. The van der Waals surface area contributed by atoms with Gasteiger partial charge in [-0.2, -0.15) is 0 Å². The van der Waals surface area contributed by atoms with Crippen LogP contribution in [0.5, 0.6) is 0 Å². The molecule has 1 aliphatic rings. The number of para-hydroxylation sites is 1. The molecule has 0 unspecified atom stereocenters. The van der Waals surface area contributed by atoms with Crippen molar-refractivity contribution in [1.82, 2.24) is 19.7 Å². The van der Waals surface area contributed by atoms with Crippen molar-refractivity contribution in [1.29, 1.82) is 0 Å². The van der Waals surface area contributed by atoms with Crippen LogP contribution in [0.25, 0.3) is 10.2 Å². The lowest BCUT2D eigenvalue weighted by Gasteiger charge is -2.21. The number of benzene rings is 1. The van der Waals surface area contributed by atoms with Gasteiger partial charge in [-0.3, -0.25) is 4.79 Å². The van der Waals surface area contributed by atoms with Crippen molar-refractivity contribution < 1.29 is 4.79 Å². The average molecular weight is 402 g/mol. The molecule has 0 spiro atoms. The van der Waals surface area contributed by atoms with Crippen LogP contribution in [0, 0.1) is 0 Å². The highest BCUT2D eigenvalue weighted by atomic mass is 32.2. The number of anilines is 1. The van der Waals surface area contributed by atoms with E-state index in [2.05, 4.69) is 32.0 Å². The molecular formula is C19H23N5OS2. The monoisotopic (exact) mass is 401 g/mol. The Morgan fingerprint density at radius 3 is 2.85 bits per heavy atom. The van der Waals surface area contributed by atoms with Crippen LogP contribution in [-0.2, 0) is 11.3 Å². The summed E-state index contributed by atoms with van der Waals surface area (Å²) in [5, 5.41) is 13.2. The Kier molecular flexibility index (Phi) is 5.73. The van der Waals surface area contributed by atoms with Gasteiger partial charge in [0.1, 0.15) is 5.82 Å². The second-order valence-electron chi connectivity index (χ2n) is 6.74. The molecular weight excluding hydrogens is 378 g/mol. The molecule has 0 bridgehead atoms. The maximum atomic E-state index is 12.3. The highest BCUT2D eigenvalue weighted by Crippen LogP contribution is 2.33. The third-order valence-electron chi connectivity index (χ3n) is 4.90. The zero-order chi connectivity index (χ0) is 18.6. The first-order valence-electron chi connectivity index (χ1n) is 9.46. The van der Waals surface area contributed by atoms with Crippen LogP contribution in [0.2, 0.25) is 0 Å². The van der Waals surface area contributed by atoms with Gasteiger partial charge in [-0.25, -0.2) is 4.98 Å². The SMILES string of the molecule is CCn1c(SCC(=O)Nc2nc3ccccc3s2)nnc1C1CCCCC1. The van der Waals surface area contributed by atoms with Crippen LogP contribution < -0.4 is 5.32 Å². The normalized spacial score (nSPS) is 15.3. The molecule has 27 heavy (non-hydrogen) atoms. The molecule has 0 atom stereocenters. The van der Waals surface area contributed by atoms with E-state index in [9.17, 15) is 4.79 Å². The second kappa shape index (κ2) is 8.39. The van der Waals surface area contributed by atoms with Crippen LogP contribution in [0.1, 0.15) is 50.8 Å². The van der Waals surface area contributed by atoms with Gasteiger partial charge in [0.15, 0.2) is 10.3 Å². The number of nitrogens with one attached hydrogen (secondary N) is 1. The smallest absolute Gasteiger partial charge is 0.236 e. The van der Waals surface area contributed by atoms with Crippen molar-refractivity contribution >= 4 is 44.4 Å². The van der Waals surface area contributed by atoms with Crippen molar-refractivity contribution in [3.63, 3.8) is 0 Å². The number of thiazole rings is 1. The Labute approximate surface area is 166 Å². The summed E-state index contributed by atoms with van der Waals surface area (Å²) in [6.07, 6.45) is 6.26. The van der Waals surface area contributed by atoms with Crippen LogP contribution in [0.4, 0.5) is 5.13 Å². The van der Waals surface area contributed by atoms with Crippen LogP contribution >= 0.6 is 23.1 Å². The Hall–Kier alpha value is -1.93. The quantitative estimate of drug-likeness (QED) is 0.607. The third kappa shape index (κ3) is 4.16. The van der Waals surface area contributed by atoms with Gasteiger partial charge in [-0.15, -0.1) is 10.2 Å². The summed E-state index contributed by atoms with van der Waals surface area (Å²) in [5.41, 5.74) is 0.910. The fraction of sp³-hybridized carbons (Fsp3) is 0.474. The van der Waals surface area contributed by atoms with Crippen LogP contribution in [-0.4, -0.2) is 31.4 Å². The van der Waals surface area contributed by atoms with Crippen molar-refractivity contribution in [2.75, 3.05) is 11.1 Å². The zero-order valence-electron chi connectivity index (χ0n) is 15.4. The molecule has 1 fully saturated rings. The minimum Gasteiger partial charge on any atom is -0.306 e. The van der Waals surface area contributed by atoms with E-state index in [1.165, 1.54) is 55.2 Å². The molecule has 142 valence electrons. The molecule has 1 amide bonds. The molecule has 0 saturated heterocycles. The molecule has 8 heteroatoms. The summed E-state index contributed by atoms with van der Waals surface area (Å²) in [6, 6.07) is 7.88. The maximum Gasteiger partial charge on any atom is 0.236 e.